The van der Waals surface area contributed by atoms with Crippen LogP contribution in [-0.2, 0) is 20.6 Å². The summed E-state index contributed by atoms with van der Waals surface area (Å²) in [6.07, 6.45) is 0. The van der Waals surface area contributed by atoms with Gasteiger partial charge in [-0.25, -0.2) is 4.79 Å². The second kappa shape index (κ2) is 5.97. The Morgan fingerprint density at radius 2 is 1.94 bits per heavy atom. The molecule has 18 heavy (non-hydrogen) atoms. The third kappa shape index (κ3) is 3.82. The van der Waals surface area contributed by atoms with Crippen LogP contribution in [0.15, 0.2) is 29.2 Å². The highest BCUT2D eigenvalue weighted by Gasteiger charge is 2.28. The molecule has 0 aromatic heterocycles. The number of benzene rings is 1. The van der Waals surface area contributed by atoms with Gasteiger partial charge < -0.3 is 14.6 Å². The molecule has 6 heteroatoms. The van der Waals surface area contributed by atoms with Crippen LogP contribution in [0.3, 0.4) is 0 Å². The van der Waals surface area contributed by atoms with Crippen molar-refractivity contribution in [2.75, 3.05) is 11.9 Å². The van der Waals surface area contributed by atoms with Gasteiger partial charge in [0.1, 0.15) is 5.54 Å². The lowest BCUT2D eigenvalue weighted by Gasteiger charge is -2.25. The van der Waals surface area contributed by atoms with Gasteiger partial charge in [0, 0.05) is 10.6 Å². The zero-order valence-corrected chi connectivity index (χ0v) is 11.4. The normalized spacial score (nSPS) is 12.9. The molecular weight excluding hydrogens is 254 g/mol. The standard InChI is InChI=1S/C12H17NO4S/c1-4-17-11(14)12(2,3)13-9-5-7-10(8-6-9)18(15)16/h5-8,13H,4H2,1-3H3,(H,15,16)/p-1. The van der Waals surface area contributed by atoms with E-state index < -0.39 is 16.6 Å². The minimum absolute atomic E-state index is 0.203. The number of ether oxygens (including phenoxy) is 1. The highest BCUT2D eigenvalue weighted by molar-refractivity contribution is 7.79. The van der Waals surface area contributed by atoms with Crippen LogP contribution < -0.4 is 5.32 Å². The summed E-state index contributed by atoms with van der Waals surface area (Å²) in [5, 5.41) is 2.99. The van der Waals surface area contributed by atoms with Crippen LogP contribution in [0, 0.1) is 0 Å². The van der Waals surface area contributed by atoms with Gasteiger partial charge in [0.25, 0.3) is 0 Å². The third-order valence-corrected chi connectivity index (χ3v) is 2.95. The van der Waals surface area contributed by atoms with Crippen LogP contribution in [0.4, 0.5) is 5.69 Å². The summed E-state index contributed by atoms with van der Waals surface area (Å²) in [5.74, 6) is -0.360. The summed E-state index contributed by atoms with van der Waals surface area (Å²) in [5.41, 5.74) is -0.212. The molecule has 1 unspecified atom stereocenters. The van der Waals surface area contributed by atoms with Crippen molar-refractivity contribution >= 4 is 22.7 Å². The Morgan fingerprint density at radius 1 is 1.39 bits per heavy atom. The van der Waals surface area contributed by atoms with Crippen molar-refractivity contribution in [3.63, 3.8) is 0 Å². The maximum absolute atomic E-state index is 11.7. The molecule has 5 nitrogen and oxygen atoms in total. The lowest BCUT2D eigenvalue weighted by atomic mass is 10.1. The third-order valence-electron chi connectivity index (χ3n) is 2.29. The van der Waals surface area contributed by atoms with Crippen LogP contribution in [0.2, 0.25) is 0 Å². The van der Waals surface area contributed by atoms with E-state index in [-0.39, 0.29) is 10.9 Å². The predicted octanol–water partition coefficient (Wildman–Crippen LogP) is 1.68. The Hall–Kier alpha value is -1.40. The second-order valence-electron chi connectivity index (χ2n) is 4.23. The molecule has 0 saturated carbocycles. The van der Waals surface area contributed by atoms with Gasteiger partial charge in [0.2, 0.25) is 0 Å². The summed E-state index contributed by atoms with van der Waals surface area (Å²) < 4.78 is 26.3. The molecule has 0 fully saturated rings. The van der Waals surface area contributed by atoms with Crippen LogP contribution in [0.1, 0.15) is 20.8 Å². The topological polar surface area (TPSA) is 78.5 Å². The van der Waals surface area contributed by atoms with Crippen LogP contribution >= 0.6 is 0 Å². The lowest BCUT2D eigenvalue weighted by molar-refractivity contribution is -0.147. The monoisotopic (exact) mass is 270 g/mol. The number of carbonyl (C=O) groups is 1. The van der Waals surface area contributed by atoms with E-state index in [4.69, 9.17) is 4.74 Å². The number of carbonyl (C=O) groups excluding carboxylic acids is 1. The van der Waals surface area contributed by atoms with Gasteiger partial charge in [-0.05, 0) is 56.1 Å². The number of hydrogen-bond acceptors (Lipinski definition) is 5. The molecular formula is C12H16NO4S-. The fourth-order valence-electron chi connectivity index (χ4n) is 1.37. The summed E-state index contributed by atoms with van der Waals surface area (Å²) in [6.45, 7) is 5.46. The van der Waals surface area contributed by atoms with Crippen molar-refractivity contribution < 1.29 is 18.3 Å². The van der Waals surface area contributed by atoms with E-state index in [0.717, 1.165) is 0 Å². The molecule has 0 aliphatic carbocycles. The Morgan fingerprint density at radius 3 is 2.39 bits per heavy atom. The van der Waals surface area contributed by atoms with Crippen molar-refractivity contribution in [3.05, 3.63) is 24.3 Å². The van der Waals surface area contributed by atoms with Gasteiger partial charge in [-0.1, -0.05) is 0 Å². The van der Waals surface area contributed by atoms with Gasteiger partial charge in [0.15, 0.2) is 0 Å². The highest BCUT2D eigenvalue weighted by atomic mass is 32.2. The summed E-state index contributed by atoms with van der Waals surface area (Å²) >= 11 is -2.24. The molecule has 0 aliphatic heterocycles. The molecule has 100 valence electrons. The van der Waals surface area contributed by atoms with Gasteiger partial charge in [-0.3, -0.25) is 4.21 Å². The molecule has 0 amide bonds. The number of hydrogen-bond donors (Lipinski definition) is 1. The zero-order valence-electron chi connectivity index (χ0n) is 10.6. The molecule has 0 aliphatic rings. The van der Waals surface area contributed by atoms with Crippen molar-refractivity contribution in [2.45, 2.75) is 31.2 Å². The highest BCUT2D eigenvalue weighted by Crippen LogP contribution is 2.18. The number of esters is 1. The molecule has 1 rings (SSSR count). The Bertz CT molecular complexity index is 442. The molecule has 0 saturated heterocycles. The quantitative estimate of drug-likeness (QED) is 0.650. The van der Waals surface area contributed by atoms with Gasteiger partial charge in [-0.15, -0.1) is 0 Å². The van der Waals surface area contributed by atoms with E-state index >= 15 is 0 Å². The maximum Gasteiger partial charge on any atom is 0.331 e. The van der Waals surface area contributed by atoms with Gasteiger partial charge in [0.05, 0.1) is 6.61 Å². The lowest BCUT2D eigenvalue weighted by Crippen LogP contribution is -2.41. The Balaban J connectivity index is 2.78. The minimum Gasteiger partial charge on any atom is -0.768 e. The fourth-order valence-corrected chi connectivity index (χ4v) is 1.73. The van der Waals surface area contributed by atoms with Crippen molar-refractivity contribution in [3.8, 4) is 0 Å². The molecule has 0 bridgehead atoms. The first-order chi connectivity index (χ1) is 8.36. The number of nitrogens with one attached hydrogen (secondary N) is 1. The SMILES string of the molecule is CCOC(=O)C(C)(C)Nc1ccc(S(=O)[O-])cc1. The summed E-state index contributed by atoms with van der Waals surface area (Å²) in [4.78, 5) is 11.9. The minimum atomic E-state index is -2.24. The van der Waals surface area contributed by atoms with Crippen LogP contribution in [-0.4, -0.2) is 26.9 Å². The van der Waals surface area contributed by atoms with Gasteiger partial charge in [-0.2, -0.15) is 0 Å². The first-order valence-electron chi connectivity index (χ1n) is 5.51. The first-order valence-corrected chi connectivity index (χ1v) is 6.59. The molecule has 1 aromatic rings. The maximum atomic E-state index is 11.7. The van der Waals surface area contributed by atoms with E-state index in [1.165, 1.54) is 12.1 Å². The molecule has 1 atom stereocenters. The average molecular weight is 270 g/mol. The van der Waals surface area contributed by atoms with Crippen LogP contribution in [0.5, 0.6) is 0 Å². The largest absolute Gasteiger partial charge is 0.768 e. The molecule has 1 N–H and O–H groups in total. The Labute approximate surface area is 109 Å². The van der Waals surface area contributed by atoms with Gasteiger partial charge >= 0.3 is 5.97 Å². The van der Waals surface area contributed by atoms with Crippen molar-refractivity contribution in [1.82, 2.24) is 0 Å². The first kappa shape index (κ1) is 14.7. The molecule has 0 spiro atoms. The number of anilines is 1. The summed E-state index contributed by atoms with van der Waals surface area (Å²) in [7, 11) is 0. The molecule has 0 radical (unpaired) electrons. The zero-order chi connectivity index (χ0) is 13.8. The van der Waals surface area contributed by atoms with E-state index in [0.29, 0.717) is 12.3 Å². The van der Waals surface area contributed by atoms with Crippen molar-refractivity contribution in [1.29, 1.82) is 0 Å². The molecule has 0 heterocycles. The smallest absolute Gasteiger partial charge is 0.331 e. The second-order valence-corrected chi connectivity index (χ2v) is 5.17. The Kier molecular flexibility index (Phi) is 4.86. The molecule has 1 aromatic carbocycles. The predicted molar refractivity (Wildman–Crippen MR) is 68.0 cm³/mol. The fraction of sp³-hybridized carbons (Fsp3) is 0.417. The van der Waals surface area contributed by atoms with E-state index in [2.05, 4.69) is 5.32 Å². The van der Waals surface area contributed by atoms with E-state index in [1.807, 2.05) is 0 Å². The van der Waals surface area contributed by atoms with Crippen molar-refractivity contribution in [2.24, 2.45) is 0 Å². The van der Waals surface area contributed by atoms with E-state index in [9.17, 15) is 13.6 Å². The average Bonchev–Trinajstić information content (AvgIpc) is 2.29. The van der Waals surface area contributed by atoms with E-state index in [1.54, 1.807) is 32.9 Å². The summed E-state index contributed by atoms with van der Waals surface area (Å²) in [6, 6.07) is 6.14. The number of rotatable bonds is 5. The van der Waals surface area contributed by atoms with Crippen LogP contribution in [0.25, 0.3) is 0 Å².